The molecule has 2 rings (SSSR count). The van der Waals surface area contributed by atoms with Crippen LogP contribution in [0.2, 0.25) is 0 Å². The van der Waals surface area contributed by atoms with Crippen LogP contribution in [0.15, 0.2) is 24.3 Å². The summed E-state index contributed by atoms with van der Waals surface area (Å²) in [6, 6.07) is 9.00. The highest BCUT2D eigenvalue weighted by atomic mass is 16.3. The third kappa shape index (κ3) is 2.79. The van der Waals surface area contributed by atoms with E-state index in [4.69, 9.17) is 0 Å². The van der Waals surface area contributed by atoms with E-state index in [0.29, 0.717) is 23.9 Å². The smallest absolute Gasteiger partial charge is 0.115 e. The molecule has 0 radical (unpaired) electrons. The number of hydrogen-bond acceptors (Lipinski definition) is 3. The van der Waals surface area contributed by atoms with Crippen molar-refractivity contribution in [1.29, 1.82) is 0 Å². The summed E-state index contributed by atoms with van der Waals surface area (Å²) in [5.74, 6) is 0.352. The van der Waals surface area contributed by atoms with Crippen molar-refractivity contribution >= 4 is 0 Å². The van der Waals surface area contributed by atoms with E-state index < -0.39 is 0 Å². The van der Waals surface area contributed by atoms with Gasteiger partial charge >= 0.3 is 0 Å². The largest absolute Gasteiger partial charge is 0.508 e. The molecule has 3 nitrogen and oxygen atoms in total. The van der Waals surface area contributed by atoms with Crippen molar-refractivity contribution in [3.63, 3.8) is 0 Å². The summed E-state index contributed by atoms with van der Waals surface area (Å²) in [4.78, 5) is 2.50. The number of nitrogens with one attached hydrogen (secondary N) is 1. The van der Waals surface area contributed by atoms with Crippen molar-refractivity contribution in [2.45, 2.75) is 38.9 Å². The first-order valence-electron chi connectivity index (χ1n) is 6.36. The van der Waals surface area contributed by atoms with Gasteiger partial charge in [0.05, 0.1) is 0 Å². The predicted octanol–water partition coefficient (Wildman–Crippen LogP) is 2.14. The van der Waals surface area contributed by atoms with Crippen molar-refractivity contribution in [2.24, 2.45) is 0 Å². The van der Waals surface area contributed by atoms with Gasteiger partial charge in [-0.1, -0.05) is 12.1 Å². The molecule has 1 aromatic rings. The molecule has 1 aliphatic heterocycles. The lowest BCUT2D eigenvalue weighted by atomic mass is 10.0. The number of phenolic OH excluding ortho intramolecular Hbond substituents is 1. The lowest BCUT2D eigenvalue weighted by Gasteiger charge is -2.41. The van der Waals surface area contributed by atoms with Crippen LogP contribution in [0.3, 0.4) is 0 Å². The zero-order chi connectivity index (χ0) is 12.4. The highest BCUT2D eigenvalue weighted by Gasteiger charge is 2.27. The molecular weight excluding hydrogens is 212 g/mol. The van der Waals surface area contributed by atoms with E-state index in [-0.39, 0.29) is 0 Å². The predicted molar refractivity (Wildman–Crippen MR) is 70.2 cm³/mol. The number of benzene rings is 1. The summed E-state index contributed by atoms with van der Waals surface area (Å²) in [6.07, 6.45) is 0. The molecule has 0 saturated carbocycles. The number of piperazine rings is 1. The Morgan fingerprint density at radius 2 is 2.18 bits per heavy atom. The van der Waals surface area contributed by atoms with E-state index in [1.54, 1.807) is 6.07 Å². The maximum atomic E-state index is 9.55. The maximum Gasteiger partial charge on any atom is 0.115 e. The van der Waals surface area contributed by atoms with Gasteiger partial charge in [-0.3, -0.25) is 4.90 Å². The Morgan fingerprint density at radius 1 is 1.41 bits per heavy atom. The highest BCUT2D eigenvalue weighted by Crippen LogP contribution is 2.26. The van der Waals surface area contributed by atoms with Crippen LogP contribution in [-0.4, -0.2) is 35.2 Å². The SMILES string of the molecule is CC1CN(C(C)c2cccc(O)c2)C(C)CN1. The van der Waals surface area contributed by atoms with E-state index in [0.717, 1.165) is 13.1 Å². The Labute approximate surface area is 103 Å². The highest BCUT2D eigenvalue weighted by molar-refractivity contribution is 5.29. The molecule has 2 N–H and O–H groups in total. The van der Waals surface area contributed by atoms with Gasteiger partial charge in [-0.2, -0.15) is 0 Å². The standard InChI is InChI=1S/C14H22N2O/c1-10-9-16(11(2)8-15-10)12(3)13-5-4-6-14(17)7-13/h4-7,10-12,15,17H,8-9H2,1-3H3. The van der Waals surface area contributed by atoms with Crippen LogP contribution in [-0.2, 0) is 0 Å². The zero-order valence-corrected chi connectivity index (χ0v) is 10.9. The maximum absolute atomic E-state index is 9.55. The minimum absolute atomic E-state index is 0.349. The quantitative estimate of drug-likeness (QED) is 0.823. The van der Waals surface area contributed by atoms with Crippen molar-refractivity contribution in [3.8, 4) is 5.75 Å². The molecule has 94 valence electrons. The number of rotatable bonds is 2. The second kappa shape index (κ2) is 5.07. The Hall–Kier alpha value is -1.06. The molecule has 0 amide bonds. The summed E-state index contributed by atoms with van der Waals surface area (Å²) in [5, 5.41) is 13.0. The van der Waals surface area contributed by atoms with Gasteiger partial charge < -0.3 is 10.4 Å². The van der Waals surface area contributed by atoms with Gasteiger partial charge in [-0.25, -0.2) is 0 Å². The lowest BCUT2D eigenvalue weighted by molar-refractivity contribution is 0.103. The Kier molecular flexibility index (Phi) is 3.69. The monoisotopic (exact) mass is 234 g/mol. The third-order valence-corrected chi connectivity index (χ3v) is 3.66. The molecule has 0 aliphatic carbocycles. The second-order valence-corrected chi connectivity index (χ2v) is 5.13. The fraction of sp³-hybridized carbons (Fsp3) is 0.571. The van der Waals surface area contributed by atoms with Crippen LogP contribution in [0.5, 0.6) is 5.75 Å². The molecule has 1 fully saturated rings. The molecule has 1 aliphatic rings. The minimum atomic E-state index is 0.349. The molecule has 1 heterocycles. The molecule has 1 saturated heterocycles. The molecule has 3 atom stereocenters. The van der Waals surface area contributed by atoms with Crippen LogP contribution in [0.25, 0.3) is 0 Å². The van der Waals surface area contributed by atoms with Crippen LogP contribution < -0.4 is 5.32 Å². The van der Waals surface area contributed by atoms with Crippen molar-refractivity contribution < 1.29 is 5.11 Å². The van der Waals surface area contributed by atoms with Gasteiger partial charge in [0.25, 0.3) is 0 Å². The average molecular weight is 234 g/mol. The van der Waals surface area contributed by atoms with Gasteiger partial charge in [0.15, 0.2) is 0 Å². The number of hydrogen-bond donors (Lipinski definition) is 2. The van der Waals surface area contributed by atoms with E-state index >= 15 is 0 Å². The van der Waals surface area contributed by atoms with E-state index in [1.165, 1.54) is 5.56 Å². The Morgan fingerprint density at radius 3 is 2.88 bits per heavy atom. The van der Waals surface area contributed by atoms with Gasteiger partial charge in [-0.05, 0) is 38.5 Å². The summed E-state index contributed by atoms with van der Waals surface area (Å²) >= 11 is 0. The molecule has 3 unspecified atom stereocenters. The zero-order valence-electron chi connectivity index (χ0n) is 10.9. The van der Waals surface area contributed by atoms with E-state index in [1.807, 2.05) is 12.1 Å². The summed E-state index contributed by atoms with van der Waals surface area (Å²) < 4.78 is 0. The van der Waals surface area contributed by atoms with Gasteiger partial charge in [0.1, 0.15) is 5.75 Å². The van der Waals surface area contributed by atoms with E-state index in [2.05, 4.69) is 37.1 Å². The van der Waals surface area contributed by atoms with Crippen molar-refractivity contribution in [1.82, 2.24) is 10.2 Å². The van der Waals surface area contributed by atoms with Crippen molar-refractivity contribution in [3.05, 3.63) is 29.8 Å². The van der Waals surface area contributed by atoms with Crippen molar-refractivity contribution in [2.75, 3.05) is 13.1 Å². The van der Waals surface area contributed by atoms with E-state index in [9.17, 15) is 5.11 Å². The molecule has 17 heavy (non-hydrogen) atoms. The van der Waals surface area contributed by atoms with Gasteiger partial charge in [-0.15, -0.1) is 0 Å². The minimum Gasteiger partial charge on any atom is -0.508 e. The summed E-state index contributed by atoms with van der Waals surface area (Å²) in [6.45, 7) is 8.76. The first kappa shape index (κ1) is 12.4. The topological polar surface area (TPSA) is 35.5 Å². The Bertz CT molecular complexity index is 380. The first-order chi connectivity index (χ1) is 8.08. The lowest BCUT2D eigenvalue weighted by Crippen LogP contribution is -2.54. The average Bonchev–Trinajstić information content (AvgIpc) is 2.31. The second-order valence-electron chi connectivity index (χ2n) is 5.13. The normalized spacial score (nSPS) is 27.9. The molecule has 0 bridgehead atoms. The van der Waals surface area contributed by atoms with Crippen LogP contribution in [0, 0.1) is 0 Å². The fourth-order valence-corrected chi connectivity index (χ4v) is 2.57. The number of phenols is 1. The molecule has 0 spiro atoms. The van der Waals surface area contributed by atoms with Crippen LogP contribution in [0.4, 0.5) is 0 Å². The van der Waals surface area contributed by atoms with Crippen LogP contribution >= 0.6 is 0 Å². The summed E-state index contributed by atoms with van der Waals surface area (Å²) in [5.41, 5.74) is 1.19. The first-order valence-corrected chi connectivity index (χ1v) is 6.36. The van der Waals surface area contributed by atoms with Crippen LogP contribution in [0.1, 0.15) is 32.4 Å². The van der Waals surface area contributed by atoms with Gasteiger partial charge in [0.2, 0.25) is 0 Å². The number of aromatic hydroxyl groups is 1. The molecule has 3 heteroatoms. The fourth-order valence-electron chi connectivity index (χ4n) is 2.57. The Balaban J connectivity index is 2.15. The number of nitrogens with zero attached hydrogens (tertiary/aromatic N) is 1. The molecular formula is C14H22N2O. The third-order valence-electron chi connectivity index (χ3n) is 3.66. The molecule has 0 aromatic heterocycles. The molecule has 1 aromatic carbocycles. The van der Waals surface area contributed by atoms with Gasteiger partial charge in [0, 0.05) is 31.2 Å². The summed E-state index contributed by atoms with van der Waals surface area (Å²) in [7, 11) is 0.